The molecule has 0 atom stereocenters. The molecule has 0 saturated carbocycles. The summed E-state index contributed by atoms with van der Waals surface area (Å²) in [5.74, 6) is -1.15. The van der Waals surface area contributed by atoms with Crippen LogP contribution in [0.3, 0.4) is 0 Å². The van der Waals surface area contributed by atoms with Crippen molar-refractivity contribution in [3.63, 3.8) is 0 Å². The fraction of sp³-hybridized carbons (Fsp3) is 0.0385. The number of esters is 1. The highest BCUT2D eigenvalue weighted by molar-refractivity contribution is 9.10. The van der Waals surface area contributed by atoms with E-state index in [1.807, 2.05) is 0 Å². The van der Waals surface area contributed by atoms with Gasteiger partial charge in [-0.25, -0.2) is 14.2 Å². The SMILES string of the molecule is O=C(Oc1c(-c2nnc(Cc3ccc(F)cc3)o2)nc(-c2ccc(Br)cc2)[nH]c1=O)c1ccccc1. The molecular formula is C26H16BrFN4O4. The lowest BCUT2D eigenvalue weighted by Gasteiger charge is -2.09. The molecule has 2 heterocycles. The van der Waals surface area contributed by atoms with E-state index in [2.05, 4.69) is 36.1 Å². The van der Waals surface area contributed by atoms with Gasteiger partial charge in [0.15, 0.2) is 5.69 Å². The number of nitrogens with one attached hydrogen (secondary N) is 1. The Morgan fingerprint density at radius 1 is 0.972 bits per heavy atom. The van der Waals surface area contributed by atoms with Crippen molar-refractivity contribution < 1.29 is 18.3 Å². The second-order valence-corrected chi connectivity index (χ2v) is 8.57. The predicted octanol–water partition coefficient (Wildman–Crippen LogP) is 5.20. The Morgan fingerprint density at radius 3 is 2.42 bits per heavy atom. The van der Waals surface area contributed by atoms with Crippen molar-refractivity contribution in [3.05, 3.63) is 117 Å². The molecule has 0 bridgehead atoms. The van der Waals surface area contributed by atoms with Gasteiger partial charge in [-0.15, -0.1) is 10.2 Å². The molecule has 0 fully saturated rings. The lowest BCUT2D eigenvalue weighted by molar-refractivity contribution is 0.0732. The average Bonchev–Trinajstić information content (AvgIpc) is 3.35. The highest BCUT2D eigenvalue weighted by Crippen LogP contribution is 2.28. The number of rotatable bonds is 6. The van der Waals surface area contributed by atoms with Crippen molar-refractivity contribution in [2.24, 2.45) is 0 Å². The largest absolute Gasteiger partial charge is 0.419 e. The van der Waals surface area contributed by atoms with Crippen LogP contribution in [-0.4, -0.2) is 26.1 Å². The van der Waals surface area contributed by atoms with Gasteiger partial charge in [-0.1, -0.05) is 58.4 Å². The Bertz CT molecular complexity index is 1580. The summed E-state index contributed by atoms with van der Waals surface area (Å²) in [4.78, 5) is 32.9. The molecule has 0 aliphatic carbocycles. The summed E-state index contributed by atoms with van der Waals surface area (Å²) in [6, 6.07) is 21.2. The van der Waals surface area contributed by atoms with E-state index in [1.165, 1.54) is 12.1 Å². The quantitative estimate of drug-likeness (QED) is 0.291. The van der Waals surface area contributed by atoms with Gasteiger partial charge in [0.05, 0.1) is 12.0 Å². The van der Waals surface area contributed by atoms with Crippen LogP contribution >= 0.6 is 15.9 Å². The van der Waals surface area contributed by atoms with E-state index in [0.717, 1.165) is 10.0 Å². The second kappa shape index (κ2) is 10.0. The molecular weight excluding hydrogens is 531 g/mol. The van der Waals surface area contributed by atoms with Gasteiger partial charge in [-0.3, -0.25) is 4.79 Å². The first-order valence-corrected chi connectivity index (χ1v) is 11.5. The third-order valence-corrected chi connectivity index (χ3v) is 5.67. The van der Waals surface area contributed by atoms with Gasteiger partial charge in [0, 0.05) is 10.0 Å². The summed E-state index contributed by atoms with van der Waals surface area (Å²) in [6.45, 7) is 0. The number of aromatic amines is 1. The Labute approximate surface area is 212 Å². The summed E-state index contributed by atoms with van der Waals surface area (Å²) in [5.41, 5.74) is 0.835. The number of halogens is 2. The van der Waals surface area contributed by atoms with Crippen LogP contribution in [0.1, 0.15) is 21.8 Å². The molecule has 36 heavy (non-hydrogen) atoms. The molecule has 0 aliphatic heterocycles. The Balaban J connectivity index is 1.55. The van der Waals surface area contributed by atoms with Gasteiger partial charge in [-0.05, 0) is 42.0 Å². The monoisotopic (exact) mass is 546 g/mol. The number of carbonyl (C=O) groups excluding carboxylic acids is 1. The van der Waals surface area contributed by atoms with E-state index in [0.29, 0.717) is 5.56 Å². The number of H-pyrrole nitrogens is 1. The van der Waals surface area contributed by atoms with Crippen molar-refractivity contribution in [2.75, 3.05) is 0 Å². The highest BCUT2D eigenvalue weighted by Gasteiger charge is 2.24. The number of hydrogen-bond donors (Lipinski definition) is 1. The van der Waals surface area contributed by atoms with Gasteiger partial charge < -0.3 is 14.1 Å². The maximum Gasteiger partial charge on any atom is 0.343 e. The van der Waals surface area contributed by atoms with E-state index in [4.69, 9.17) is 9.15 Å². The van der Waals surface area contributed by atoms with Gasteiger partial charge in [-0.2, -0.15) is 0 Å². The van der Waals surface area contributed by atoms with Crippen molar-refractivity contribution in [1.29, 1.82) is 0 Å². The van der Waals surface area contributed by atoms with Crippen LogP contribution in [0.4, 0.5) is 4.39 Å². The zero-order valence-corrected chi connectivity index (χ0v) is 20.0. The first-order valence-electron chi connectivity index (χ1n) is 10.7. The molecule has 0 saturated heterocycles. The molecule has 1 N–H and O–H groups in total. The zero-order chi connectivity index (χ0) is 25.1. The lowest BCUT2D eigenvalue weighted by Crippen LogP contribution is -2.19. The molecule has 0 aliphatic rings. The average molecular weight is 547 g/mol. The standard InChI is InChI=1S/C26H16BrFN4O4/c27-18-10-8-16(9-11-18)23-29-21(22(24(33)30-23)36-26(34)17-4-2-1-3-5-17)25-32-31-20(35-25)14-15-6-12-19(28)13-7-15/h1-13H,14H2,(H,29,30,33). The fourth-order valence-corrected chi connectivity index (χ4v) is 3.63. The second-order valence-electron chi connectivity index (χ2n) is 7.66. The molecule has 3 aromatic carbocycles. The number of aromatic nitrogens is 4. The van der Waals surface area contributed by atoms with Crippen LogP contribution in [-0.2, 0) is 6.42 Å². The van der Waals surface area contributed by atoms with Gasteiger partial charge >= 0.3 is 5.97 Å². The molecule has 8 nitrogen and oxygen atoms in total. The van der Waals surface area contributed by atoms with Gasteiger partial charge in [0.1, 0.15) is 11.6 Å². The number of carbonyl (C=O) groups is 1. The maximum atomic E-state index is 13.2. The fourth-order valence-electron chi connectivity index (χ4n) is 3.37. The highest BCUT2D eigenvalue weighted by atomic mass is 79.9. The first-order chi connectivity index (χ1) is 17.5. The Hall–Kier alpha value is -4.44. The molecule has 2 aromatic heterocycles. The summed E-state index contributed by atoms with van der Waals surface area (Å²) in [7, 11) is 0. The number of ether oxygens (including phenoxy) is 1. The van der Waals surface area contributed by atoms with E-state index in [1.54, 1.807) is 66.7 Å². The predicted molar refractivity (Wildman–Crippen MR) is 132 cm³/mol. The van der Waals surface area contributed by atoms with E-state index in [-0.39, 0.29) is 46.9 Å². The molecule has 0 amide bonds. The zero-order valence-electron chi connectivity index (χ0n) is 18.4. The maximum absolute atomic E-state index is 13.2. The normalized spacial score (nSPS) is 10.8. The third-order valence-electron chi connectivity index (χ3n) is 5.14. The van der Waals surface area contributed by atoms with Crippen LogP contribution in [0.25, 0.3) is 23.0 Å². The number of hydrogen-bond acceptors (Lipinski definition) is 7. The third kappa shape index (κ3) is 5.13. The summed E-state index contributed by atoms with van der Waals surface area (Å²) in [6.07, 6.45) is 0.231. The summed E-state index contributed by atoms with van der Waals surface area (Å²) < 4.78 is 25.3. The summed E-state index contributed by atoms with van der Waals surface area (Å²) >= 11 is 3.37. The Kier molecular flexibility index (Phi) is 6.50. The van der Waals surface area contributed by atoms with E-state index < -0.39 is 11.5 Å². The molecule has 5 rings (SSSR count). The minimum Gasteiger partial charge on any atom is -0.419 e. The van der Waals surface area contributed by atoms with Crippen molar-refractivity contribution in [2.45, 2.75) is 6.42 Å². The molecule has 5 aromatic rings. The van der Waals surface area contributed by atoms with Gasteiger partial charge in [0.2, 0.25) is 11.6 Å². The van der Waals surface area contributed by atoms with E-state index in [9.17, 15) is 14.0 Å². The van der Waals surface area contributed by atoms with Crippen molar-refractivity contribution in [3.8, 4) is 28.7 Å². The minimum atomic E-state index is -0.744. The molecule has 0 radical (unpaired) electrons. The minimum absolute atomic E-state index is 0.0844. The van der Waals surface area contributed by atoms with Crippen LogP contribution in [0.15, 0.2) is 92.5 Å². The number of benzene rings is 3. The first kappa shape index (κ1) is 23.3. The van der Waals surface area contributed by atoms with Crippen molar-refractivity contribution >= 4 is 21.9 Å². The Morgan fingerprint density at radius 2 is 1.69 bits per heavy atom. The topological polar surface area (TPSA) is 111 Å². The van der Waals surface area contributed by atoms with Crippen LogP contribution in [0.2, 0.25) is 0 Å². The molecule has 0 unspecified atom stereocenters. The number of nitrogens with zero attached hydrogens (tertiary/aromatic N) is 3. The van der Waals surface area contributed by atoms with Crippen molar-refractivity contribution in [1.82, 2.24) is 20.2 Å². The smallest absolute Gasteiger partial charge is 0.343 e. The molecule has 0 spiro atoms. The van der Waals surface area contributed by atoms with E-state index >= 15 is 0 Å². The van der Waals surface area contributed by atoms with Gasteiger partial charge in [0.25, 0.3) is 11.4 Å². The molecule has 178 valence electrons. The lowest BCUT2D eigenvalue weighted by atomic mass is 10.1. The summed E-state index contributed by atoms with van der Waals surface area (Å²) in [5, 5.41) is 8.05. The van der Waals surface area contributed by atoms with Crippen LogP contribution < -0.4 is 10.3 Å². The van der Waals surface area contributed by atoms with Crippen LogP contribution in [0.5, 0.6) is 5.75 Å². The van der Waals surface area contributed by atoms with Crippen LogP contribution in [0, 0.1) is 5.82 Å². The molecule has 10 heteroatoms.